The predicted octanol–water partition coefficient (Wildman–Crippen LogP) is 2.63. The smallest absolute Gasteiger partial charge is 0.337 e. The lowest BCUT2D eigenvalue weighted by Gasteiger charge is -2.07. The van der Waals surface area contributed by atoms with Gasteiger partial charge in [0.1, 0.15) is 0 Å². The Balaban J connectivity index is 2.35. The minimum Gasteiger partial charge on any atom is -0.478 e. The number of carboxylic acids is 1. The van der Waals surface area contributed by atoms with Crippen LogP contribution in [0.1, 0.15) is 44.1 Å². The summed E-state index contributed by atoms with van der Waals surface area (Å²) in [5.74, 6) is -1.01. The van der Waals surface area contributed by atoms with E-state index in [9.17, 15) is 14.7 Å². The first kappa shape index (κ1) is 13.0. The number of benzene rings is 1. The van der Waals surface area contributed by atoms with Crippen molar-refractivity contribution in [2.45, 2.75) is 33.7 Å². The monoisotopic (exact) mass is 274 g/mol. The summed E-state index contributed by atoms with van der Waals surface area (Å²) in [5.41, 5.74) is 0.911. The van der Waals surface area contributed by atoms with Crippen LogP contribution in [0.5, 0.6) is 0 Å². The number of hydrogen-bond donors (Lipinski definition) is 2. The van der Waals surface area contributed by atoms with Crippen LogP contribution >= 0.6 is 0 Å². The molecule has 0 atom stereocenters. The second kappa shape index (κ2) is 3.53. The van der Waals surface area contributed by atoms with Gasteiger partial charge in [-0.15, -0.1) is 0 Å². The number of imidazole rings is 1. The maximum absolute atomic E-state index is 12.3. The largest absolute Gasteiger partial charge is 0.478 e. The standard InChI is InChI=1S/C15H18N2O3/c1-14(2)12(15(14,3)4)17-10-8(11(18)19)6-5-7-9(10)16-13(17)20/h5-7,12H,1-4H3,(H,16,20)(H,18,19). The van der Waals surface area contributed by atoms with Crippen LogP contribution in [0.2, 0.25) is 0 Å². The van der Waals surface area contributed by atoms with Crippen LogP contribution in [0.3, 0.4) is 0 Å². The Labute approximate surface area is 116 Å². The number of hydrogen-bond acceptors (Lipinski definition) is 2. The molecule has 5 nitrogen and oxygen atoms in total. The van der Waals surface area contributed by atoms with E-state index in [1.54, 1.807) is 16.7 Å². The van der Waals surface area contributed by atoms with Crippen LogP contribution in [0, 0.1) is 10.8 Å². The number of para-hydroxylation sites is 1. The molecule has 1 aromatic carbocycles. The van der Waals surface area contributed by atoms with Crippen molar-refractivity contribution < 1.29 is 9.90 Å². The second-order valence-corrected chi connectivity index (χ2v) is 6.65. The van der Waals surface area contributed by atoms with Gasteiger partial charge in [-0.25, -0.2) is 9.59 Å². The summed E-state index contributed by atoms with van der Waals surface area (Å²) in [4.78, 5) is 26.5. The highest BCUT2D eigenvalue weighted by atomic mass is 16.4. The molecule has 1 saturated carbocycles. The Bertz CT molecular complexity index is 766. The summed E-state index contributed by atoms with van der Waals surface area (Å²) in [6.07, 6.45) is 0. The molecule has 0 spiro atoms. The number of carbonyl (C=O) groups is 1. The van der Waals surface area contributed by atoms with Crippen LogP contribution in [-0.2, 0) is 0 Å². The van der Waals surface area contributed by atoms with Gasteiger partial charge in [-0.1, -0.05) is 33.8 Å². The minimum atomic E-state index is -1.01. The van der Waals surface area contributed by atoms with Gasteiger partial charge in [0.2, 0.25) is 0 Å². The lowest BCUT2D eigenvalue weighted by molar-refractivity contribution is 0.0698. The lowest BCUT2D eigenvalue weighted by atomic mass is 10.0. The van der Waals surface area contributed by atoms with E-state index in [0.29, 0.717) is 11.0 Å². The number of fused-ring (bicyclic) bond motifs is 1. The Morgan fingerprint density at radius 1 is 1.25 bits per heavy atom. The molecule has 106 valence electrons. The average molecular weight is 274 g/mol. The topological polar surface area (TPSA) is 75.1 Å². The first-order valence-corrected chi connectivity index (χ1v) is 6.66. The molecule has 0 amide bonds. The molecule has 1 aliphatic carbocycles. The van der Waals surface area contributed by atoms with Gasteiger partial charge in [0.05, 0.1) is 22.6 Å². The molecular formula is C15H18N2O3. The van der Waals surface area contributed by atoms with E-state index in [4.69, 9.17) is 0 Å². The van der Waals surface area contributed by atoms with Crippen molar-refractivity contribution in [3.8, 4) is 0 Å². The number of aromatic carboxylic acids is 1. The van der Waals surface area contributed by atoms with E-state index in [1.165, 1.54) is 6.07 Å². The SMILES string of the molecule is CC1(C)C(n2c(=O)[nH]c3cccc(C(=O)O)c32)C1(C)C. The molecule has 2 aromatic rings. The van der Waals surface area contributed by atoms with Crippen molar-refractivity contribution in [1.29, 1.82) is 0 Å². The van der Waals surface area contributed by atoms with Gasteiger partial charge in [-0.2, -0.15) is 0 Å². The molecule has 5 heteroatoms. The Morgan fingerprint density at radius 3 is 2.35 bits per heavy atom. The molecule has 0 bridgehead atoms. The van der Waals surface area contributed by atoms with Crippen LogP contribution in [0.4, 0.5) is 0 Å². The van der Waals surface area contributed by atoms with Crippen molar-refractivity contribution in [2.24, 2.45) is 10.8 Å². The maximum Gasteiger partial charge on any atom is 0.337 e. The second-order valence-electron chi connectivity index (χ2n) is 6.65. The normalized spacial score (nSPS) is 20.2. The molecule has 20 heavy (non-hydrogen) atoms. The van der Waals surface area contributed by atoms with E-state index >= 15 is 0 Å². The average Bonchev–Trinajstić information content (AvgIpc) is 2.63. The van der Waals surface area contributed by atoms with Crippen molar-refractivity contribution in [3.63, 3.8) is 0 Å². The highest BCUT2D eigenvalue weighted by Gasteiger charge is 2.66. The number of nitrogens with zero attached hydrogens (tertiary/aromatic N) is 1. The van der Waals surface area contributed by atoms with Gasteiger partial charge in [-0.3, -0.25) is 4.57 Å². The molecule has 3 rings (SSSR count). The zero-order chi connectivity index (χ0) is 14.9. The summed E-state index contributed by atoms with van der Waals surface area (Å²) in [6.45, 7) is 8.41. The third kappa shape index (κ3) is 1.38. The number of nitrogens with one attached hydrogen (secondary N) is 1. The van der Waals surface area contributed by atoms with Crippen molar-refractivity contribution in [3.05, 3.63) is 34.2 Å². The Kier molecular flexibility index (Phi) is 2.29. The third-order valence-corrected chi connectivity index (χ3v) is 5.17. The van der Waals surface area contributed by atoms with Gasteiger partial charge < -0.3 is 10.1 Å². The zero-order valence-electron chi connectivity index (χ0n) is 12.0. The van der Waals surface area contributed by atoms with Gasteiger partial charge in [0.15, 0.2) is 0 Å². The van der Waals surface area contributed by atoms with Crippen molar-refractivity contribution in [2.75, 3.05) is 0 Å². The minimum absolute atomic E-state index is 0.00301. The summed E-state index contributed by atoms with van der Waals surface area (Å²) < 4.78 is 1.62. The fraction of sp³-hybridized carbons (Fsp3) is 0.467. The van der Waals surface area contributed by atoms with Gasteiger partial charge in [0.25, 0.3) is 0 Å². The molecule has 0 radical (unpaired) electrons. The molecule has 1 heterocycles. The van der Waals surface area contributed by atoms with E-state index in [2.05, 4.69) is 32.7 Å². The zero-order valence-corrected chi connectivity index (χ0v) is 12.0. The molecule has 0 saturated heterocycles. The van der Waals surface area contributed by atoms with E-state index in [0.717, 1.165) is 0 Å². The van der Waals surface area contributed by atoms with Crippen LogP contribution < -0.4 is 5.69 Å². The predicted molar refractivity (Wildman–Crippen MR) is 76.1 cm³/mol. The van der Waals surface area contributed by atoms with Gasteiger partial charge in [-0.05, 0) is 23.0 Å². The van der Waals surface area contributed by atoms with E-state index in [-0.39, 0.29) is 28.1 Å². The summed E-state index contributed by atoms with van der Waals surface area (Å²) in [7, 11) is 0. The fourth-order valence-corrected chi connectivity index (χ4v) is 3.41. The molecule has 0 unspecified atom stereocenters. The molecule has 1 aliphatic rings. The summed E-state index contributed by atoms with van der Waals surface area (Å²) >= 11 is 0. The Hall–Kier alpha value is -2.04. The third-order valence-electron chi connectivity index (χ3n) is 5.17. The van der Waals surface area contributed by atoms with Crippen molar-refractivity contribution >= 4 is 17.0 Å². The number of aromatic amines is 1. The number of rotatable bonds is 2. The number of aromatic nitrogens is 2. The van der Waals surface area contributed by atoms with Crippen LogP contribution in [-0.4, -0.2) is 20.6 Å². The summed E-state index contributed by atoms with van der Waals surface area (Å²) in [5, 5.41) is 9.35. The maximum atomic E-state index is 12.3. The van der Waals surface area contributed by atoms with Gasteiger partial charge in [0, 0.05) is 0 Å². The number of H-pyrrole nitrogens is 1. The molecule has 2 N–H and O–H groups in total. The van der Waals surface area contributed by atoms with Gasteiger partial charge >= 0.3 is 11.7 Å². The summed E-state index contributed by atoms with van der Waals surface area (Å²) in [6, 6.07) is 4.92. The number of carboxylic acid groups (broad SMARTS) is 1. The fourth-order valence-electron chi connectivity index (χ4n) is 3.41. The van der Waals surface area contributed by atoms with E-state index in [1.807, 2.05) is 0 Å². The highest BCUT2D eigenvalue weighted by Crippen LogP contribution is 2.71. The first-order chi connectivity index (χ1) is 9.19. The highest BCUT2D eigenvalue weighted by molar-refractivity contribution is 6.01. The van der Waals surface area contributed by atoms with Crippen LogP contribution in [0.15, 0.2) is 23.0 Å². The van der Waals surface area contributed by atoms with E-state index < -0.39 is 5.97 Å². The molecule has 1 fully saturated rings. The molecule has 0 aliphatic heterocycles. The Morgan fingerprint density at radius 2 is 1.85 bits per heavy atom. The van der Waals surface area contributed by atoms with Crippen LogP contribution in [0.25, 0.3) is 11.0 Å². The molecule has 1 aromatic heterocycles. The lowest BCUT2D eigenvalue weighted by Crippen LogP contribution is -2.19. The first-order valence-electron chi connectivity index (χ1n) is 6.66. The van der Waals surface area contributed by atoms with Crippen molar-refractivity contribution in [1.82, 2.24) is 9.55 Å². The quantitative estimate of drug-likeness (QED) is 0.884. The molecular weight excluding hydrogens is 256 g/mol.